The van der Waals surface area contributed by atoms with Crippen LogP contribution in [-0.4, -0.2) is 43.8 Å². The van der Waals surface area contributed by atoms with Gasteiger partial charge in [-0.15, -0.1) is 10.2 Å². The number of amidine groups is 2. The quantitative estimate of drug-likeness (QED) is 0.517. The van der Waals surface area contributed by atoms with Gasteiger partial charge < -0.3 is 9.73 Å². The van der Waals surface area contributed by atoms with Crippen LogP contribution in [0.5, 0.6) is 0 Å². The molecule has 8 nitrogen and oxygen atoms in total. The van der Waals surface area contributed by atoms with Crippen LogP contribution < -0.4 is 5.32 Å². The van der Waals surface area contributed by atoms with Gasteiger partial charge >= 0.3 is 0 Å². The third kappa shape index (κ3) is 4.77. The molecule has 0 spiro atoms. The molecule has 0 unspecified atom stereocenters. The predicted octanol–water partition coefficient (Wildman–Crippen LogP) is 3.78. The molecule has 1 aromatic heterocycles. The molecule has 1 N–H and O–H groups in total. The van der Waals surface area contributed by atoms with Gasteiger partial charge in [0.15, 0.2) is 11.0 Å². The summed E-state index contributed by atoms with van der Waals surface area (Å²) in [6, 6.07) is 10.0. The van der Waals surface area contributed by atoms with E-state index in [1.807, 2.05) is 0 Å². The molecule has 0 saturated carbocycles. The van der Waals surface area contributed by atoms with Crippen LogP contribution in [0.2, 0.25) is 5.02 Å². The van der Waals surface area contributed by atoms with E-state index in [0.29, 0.717) is 33.1 Å². The lowest BCUT2D eigenvalue weighted by Crippen LogP contribution is -2.32. The van der Waals surface area contributed by atoms with Crippen molar-refractivity contribution < 1.29 is 18.8 Å². The van der Waals surface area contributed by atoms with Crippen molar-refractivity contribution in [2.24, 2.45) is 10.2 Å². The van der Waals surface area contributed by atoms with E-state index in [1.165, 1.54) is 22.9 Å². The number of carbonyl (C=O) groups is 3. The van der Waals surface area contributed by atoms with Crippen LogP contribution in [0.15, 0.2) is 57.3 Å². The number of rotatable bonds is 6. The van der Waals surface area contributed by atoms with Crippen molar-refractivity contribution in [1.82, 2.24) is 10.2 Å². The zero-order chi connectivity index (χ0) is 21.1. The Hall–Kier alpha value is -2.56. The Kier molecular flexibility index (Phi) is 6.26. The number of hydrogen-bond donors (Lipinski definition) is 1. The van der Waals surface area contributed by atoms with Gasteiger partial charge in [0.05, 0.1) is 23.8 Å². The summed E-state index contributed by atoms with van der Waals surface area (Å²) >= 11 is 8.14. The molecule has 0 bridgehead atoms. The molecule has 0 radical (unpaired) electrons. The molecule has 11 heteroatoms. The summed E-state index contributed by atoms with van der Waals surface area (Å²) in [5.41, 5.74) is 0.488. The molecule has 2 aromatic rings. The Morgan fingerprint density at radius 1 is 1.23 bits per heavy atom. The zero-order valence-corrected chi connectivity index (χ0v) is 17.8. The second-order valence-electron chi connectivity index (χ2n) is 6.37. The van der Waals surface area contributed by atoms with Crippen molar-refractivity contribution in [2.75, 3.05) is 5.75 Å². The van der Waals surface area contributed by atoms with E-state index in [9.17, 15) is 14.4 Å². The molecule has 2 aliphatic rings. The molecule has 2 fully saturated rings. The van der Waals surface area contributed by atoms with Crippen molar-refractivity contribution in [3.05, 3.63) is 59.0 Å². The number of halogens is 1. The highest BCUT2D eigenvalue weighted by molar-refractivity contribution is 8.15. The van der Waals surface area contributed by atoms with Crippen LogP contribution in [0.4, 0.5) is 4.79 Å². The number of benzene rings is 1. The van der Waals surface area contributed by atoms with Gasteiger partial charge in [-0.1, -0.05) is 35.1 Å². The molecule has 2 amide bonds. The van der Waals surface area contributed by atoms with Crippen LogP contribution in [-0.2, 0) is 11.3 Å². The predicted molar refractivity (Wildman–Crippen MR) is 117 cm³/mol. The van der Waals surface area contributed by atoms with Gasteiger partial charge in [0, 0.05) is 17.0 Å². The fourth-order valence-electron chi connectivity index (χ4n) is 2.82. The summed E-state index contributed by atoms with van der Waals surface area (Å²) in [5, 5.41) is 10.9. The average molecular weight is 463 g/mol. The van der Waals surface area contributed by atoms with Crippen LogP contribution in [0.1, 0.15) is 22.5 Å². The van der Waals surface area contributed by atoms with E-state index in [4.69, 9.17) is 16.0 Å². The van der Waals surface area contributed by atoms with Gasteiger partial charge in [-0.3, -0.25) is 19.3 Å². The molecular weight excluding hydrogens is 448 g/mol. The molecule has 0 aliphatic carbocycles. The van der Waals surface area contributed by atoms with E-state index in [0.717, 1.165) is 11.8 Å². The first-order valence-corrected chi connectivity index (χ1v) is 11.1. The minimum Gasteiger partial charge on any atom is -0.467 e. The smallest absolute Gasteiger partial charge is 0.284 e. The van der Waals surface area contributed by atoms with Crippen molar-refractivity contribution >= 4 is 63.1 Å². The van der Waals surface area contributed by atoms with Crippen LogP contribution in [0, 0.1) is 0 Å². The van der Waals surface area contributed by atoms with Gasteiger partial charge in [-0.25, -0.2) is 0 Å². The van der Waals surface area contributed by atoms with Gasteiger partial charge in [0.2, 0.25) is 5.91 Å². The third-order valence-electron chi connectivity index (χ3n) is 4.29. The van der Waals surface area contributed by atoms with Crippen molar-refractivity contribution in [2.45, 2.75) is 18.2 Å². The summed E-state index contributed by atoms with van der Waals surface area (Å²) in [5.74, 6) is 0.984. The second kappa shape index (κ2) is 9.07. The third-order valence-corrected chi connectivity index (χ3v) is 6.49. The Balaban J connectivity index is 1.53. The average Bonchev–Trinajstić information content (AvgIpc) is 3.45. The number of amides is 2. The van der Waals surface area contributed by atoms with Crippen molar-refractivity contribution in [1.29, 1.82) is 0 Å². The highest BCUT2D eigenvalue weighted by Crippen LogP contribution is 2.32. The molecule has 3 heterocycles. The Morgan fingerprint density at radius 3 is 2.70 bits per heavy atom. The normalized spacial score (nSPS) is 21.6. The summed E-state index contributed by atoms with van der Waals surface area (Å²) in [6.45, 7) is 0.176. The Labute approximate surface area is 185 Å². The Bertz CT molecular complexity index is 1040. The number of Topliss-reactive ketones (excluding diaryl/α,β-unsaturated/α-hetero) is 1. The molecule has 4 rings (SSSR count). The van der Waals surface area contributed by atoms with Gasteiger partial charge in [0.25, 0.3) is 5.24 Å². The monoisotopic (exact) mass is 462 g/mol. The summed E-state index contributed by atoms with van der Waals surface area (Å²) < 4.78 is 5.35. The maximum absolute atomic E-state index is 13.0. The minimum atomic E-state index is -0.630. The molecule has 2 saturated heterocycles. The van der Waals surface area contributed by atoms with E-state index >= 15 is 0 Å². The number of nitrogens with one attached hydrogen (secondary N) is 1. The van der Waals surface area contributed by atoms with Crippen LogP contribution >= 0.6 is 35.1 Å². The number of ketones is 1. The molecular formula is C19H15ClN4O4S2. The largest absolute Gasteiger partial charge is 0.467 e. The standard InChI is InChI=1S/C19H15ClN4O4S2/c20-12-5-3-11(4-6-12)14(25)8-15-17(26)24(9-13-2-1-7-28-13)18(30-15)23-22-16-10-29-19(27)21-16/h1-7,15H,8-10H2,(H,21,22,27)/b23-18+/t15-/m0/s1. The maximum atomic E-state index is 13.0. The summed E-state index contributed by atoms with van der Waals surface area (Å²) in [4.78, 5) is 38.4. The molecule has 30 heavy (non-hydrogen) atoms. The van der Waals surface area contributed by atoms with Crippen LogP contribution in [0.25, 0.3) is 0 Å². The fourth-order valence-corrected chi connectivity index (χ4v) is 4.62. The topological polar surface area (TPSA) is 104 Å². The second-order valence-corrected chi connectivity index (χ2v) is 8.93. The number of thioether (sulfide) groups is 2. The highest BCUT2D eigenvalue weighted by Gasteiger charge is 2.40. The molecule has 1 aromatic carbocycles. The number of hydrogen-bond acceptors (Lipinski definition) is 8. The summed E-state index contributed by atoms with van der Waals surface area (Å²) in [7, 11) is 0. The van der Waals surface area contributed by atoms with Crippen LogP contribution in [0.3, 0.4) is 0 Å². The first kappa shape index (κ1) is 20.7. The number of furan rings is 1. The van der Waals surface area contributed by atoms with Gasteiger partial charge in [-0.05, 0) is 36.4 Å². The number of nitrogens with zero attached hydrogens (tertiary/aromatic N) is 3. The van der Waals surface area contributed by atoms with Crippen molar-refractivity contribution in [3.8, 4) is 0 Å². The van der Waals surface area contributed by atoms with E-state index in [1.54, 1.807) is 36.4 Å². The van der Waals surface area contributed by atoms with Gasteiger partial charge in [0.1, 0.15) is 11.6 Å². The molecule has 2 aliphatic heterocycles. The first-order chi connectivity index (χ1) is 14.5. The van der Waals surface area contributed by atoms with Crippen molar-refractivity contribution in [3.63, 3.8) is 0 Å². The molecule has 154 valence electrons. The lowest BCUT2D eigenvalue weighted by molar-refractivity contribution is -0.126. The lowest BCUT2D eigenvalue weighted by Gasteiger charge is -2.14. The molecule has 1 atom stereocenters. The SMILES string of the molecule is O=C1N/C(=N/N=C2/S[C@@H](CC(=O)c3ccc(Cl)cc3)C(=O)N2Cc2ccco2)CS1. The lowest BCUT2D eigenvalue weighted by atomic mass is 10.1. The van der Waals surface area contributed by atoms with E-state index < -0.39 is 5.25 Å². The maximum Gasteiger partial charge on any atom is 0.284 e. The minimum absolute atomic E-state index is 0.0158. The summed E-state index contributed by atoms with van der Waals surface area (Å²) in [6.07, 6.45) is 1.54. The fraction of sp³-hybridized carbons (Fsp3) is 0.211. The highest BCUT2D eigenvalue weighted by atomic mass is 35.5. The first-order valence-electron chi connectivity index (χ1n) is 8.87. The zero-order valence-electron chi connectivity index (χ0n) is 15.4. The van der Waals surface area contributed by atoms with E-state index in [2.05, 4.69) is 15.5 Å². The van der Waals surface area contributed by atoms with Gasteiger partial charge in [-0.2, -0.15) is 0 Å². The Morgan fingerprint density at radius 2 is 2.03 bits per heavy atom. The number of carbonyl (C=O) groups excluding carboxylic acids is 3. The van der Waals surface area contributed by atoms with E-state index in [-0.39, 0.29) is 29.9 Å².